The highest BCUT2D eigenvalue weighted by atomic mass is 31.1. The quantitative estimate of drug-likeness (QED) is 0.645. The molecule has 0 saturated carbocycles. The lowest BCUT2D eigenvalue weighted by atomic mass is 10.4. The lowest BCUT2D eigenvalue weighted by Gasteiger charge is -2.24. The fraction of sp³-hybridized carbons (Fsp3) is 1.00. The van der Waals surface area contributed by atoms with Gasteiger partial charge in [0.05, 0.1) is 11.4 Å². The third-order valence-electron chi connectivity index (χ3n) is 2.89. The van der Waals surface area contributed by atoms with Gasteiger partial charge in [0.15, 0.2) is 0 Å². The molecule has 0 aromatic rings. The molecule has 1 N–H and O–H groups in total. The number of rotatable bonds is 5. The average molecular weight is 373 g/mol. The van der Waals surface area contributed by atoms with Gasteiger partial charge in [-0.05, 0) is 96.7 Å². The van der Waals surface area contributed by atoms with Gasteiger partial charge in [-0.15, -0.1) is 0 Å². The number of hydrogen-bond donors (Lipinski definition) is 1. The van der Waals surface area contributed by atoms with Crippen molar-refractivity contribution in [2.24, 2.45) is 0 Å². The summed E-state index contributed by atoms with van der Waals surface area (Å²) >= 11 is 0. The molecule has 0 saturated heterocycles. The van der Waals surface area contributed by atoms with Gasteiger partial charge in [0, 0.05) is 14.2 Å². The Morgan fingerprint density at radius 3 is 1.23 bits per heavy atom. The molecular formula is C16H42NO2P3. The van der Waals surface area contributed by atoms with Crippen LogP contribution in [-0.2, 0) is 4.52 Å². The van der Waals surface area contributed by atoms with E-state index in [0.29, 0.717) is 12.1 Å². The molecule has 0 aromatic carbocycles. The first kappa shape index (κ1) is 28.0. The lowest BCUT2D eigenvalue weighted by molar-refractivity contribution is 0.173. The van der Waals surface area contributed by atoms with E-state index >= 15 is 0 Å². The molecule has 0 bridgehead atoms. The second kappa shape index (κ2) is 14.5. The molecule has 0 aliphatic rings. The van der Waals surface area contributed by atoms with E-state index in [-0.39, 0.29) is 24.1 Å². The molecule has 3 nitrogen and oxygen atoms in total. The zero-order valence-electron chi connectivity index (χ0n) is 17.3. The Morgan fingerprint density at radius 1 is 0.909 bits per heavy atom. The summed E-state index contributed by atoms with van der Waals surface area (Å²) in [6, 6.07) is 0.705. The highest BCUT2D eigenvalue weighted by Crippen LogP contribution is 2.39. The van der Waals surface area contributed by atoms with Gasteiger partial charge in [-0.25, -0.2) is 0 Å². The molecule has 22 heavy (non-hydrogen) atoms. The van der Waals surface area contributed by atoms with Crippen LogP contribution in [0.4, 0.5) is 0 Å². The summed E-state index contributed by atoms with van der Waals surface area (Å²) in [6.45, 7) is 25.1. The summed E-state index contributed by atoms with van der Waals surface area (Å²) in [5.74, 6) is 0. The summed E-state index contributed by atoms with van der Waals surface area (Å²) in [6.07, 6.45) is 0.404. The minimum Gasteiger partial charge on any atom is -0.386 e. The molecular weight excluding hydrogens is 331 g/mol. The molecule has 138 valence electrons. The van der Waals surface area contributed by atoms with Crippen LogP contribution >= 0.6 is 24.1 Å². The Balaban J connectivity index is -0.000000247. The largest absolute Gasteiger partial charge is 0.386 e. The van der Waals surface area contributed by atoms with Gasteiger partial charge >= 0.3 is 0 Å². The topological polar surface area (TPSA) is 32.7 Å². The van der Waals surface area contributed by atoms with Crippen molar-refractivity contribution < 1.29 is 9.63 Å². The molecule has 0 aliphatic heterocycles. The Bertz CT molecular complexity index is 226. The van der Waals surface area contributed by atoms with Crippen molar-refractivity contribution in [3.8, 4) is 0 Å². The number of hydrogen-bond acceptors (Lipinski definition) is 3. The third kappa shape index (κ3) is 23.4. The van der Waals surface area contributed by atoms with Crippen LogP contribution in [0.15, 0.2) is 0 Å². The van der Waals surface area contributed by atoms with E-state index in [9.17, 15) is 0 Å². The number of aliphatic hydroxyl groups is 1. The van der Waals surface area contributed by atoms with Crippen LogP contribution in [0.2, 0.25) is 0 Å². The molecule has 0 atom stereocenters. The maximum absolute atomic E-state index is 9.12. The zero-order chi connectivity index (χ0) is 18.7. The van der Waals surface area contributed by atoms with Crippen molar-refractivity contribution in [3.63, 3.8) is 0 Å². The Hall–Kier alpha value is 1.17. The molecule has 0 radical (unpaired) electrons. The van der Waals surface area contributed by atoms with E-state index < -0.39 is 5.34 Å². The van der Waals surface area contributed by atoms with Crippen LogP contribution in [0.5, 0.6) is 0 Å². The predicted molar refractivity (Wildman–Crippen MR) is 112 cm³/mol. The van der Waals surface area contributed by atoms with E-state index in [0.717, 1.165) is 0 Å². The molecule has 0 amide bonds. The van der Waals surface area contributed by atoms with E-state index in [2.05, 4.69) is 79.4 Å². The van der Waals surface area contributed by atoms with E-state index in [1.54, 1.807) is 0 Å². The Kier molecular flexibility index (Phi) is 18.5. The summed E-state index contributed by atoms with van der Waals surface area (Å²) in [5.41, 5.74) is 0. The van der Waals surface area contributed by atoms with E-state index in [4.69, 9.17) is 9.63 Å². The van der Waals surface area contributed by atoms with Crippen LogP contribution < -0.4 is 0 Å². The van der Waals surface area contributed by atoms with Gasteiger partial charge in [-0.2, -0.15) is 0 Å². The summed E-state index contributed by atoms with van der Waals surface area (Å²) in [5, 5.41) is 8.69. The first-order chi connectivity index (χ1) is 9.62. The SMILES string of the molecule is CC(C)N(C)P(C)C.CC(C)OP(C)C.CP(C)C(C)(C)O. The van der Waals surface area contributed by atoms with Gasteiger partial charge in [-0.1, -0.05) is 7.92 Å². The van der Waals surface area contributed by atoms with Gasteiger partial charge in [-0.3, -0.25) is 4.67 Å². The summed E-state index contributed by atoms with van der Waals surface area (Å²) < 4.78 is 7.71. The maximum Gasteiger partial charge on any atom is 0.0774 e. The predicted octanol–water partition coefficient (Wildman–Crippen LogP) is 5.51. The Morgan fingerprint density at radius 2 is 1.23 bits per heavy atom. The van der Waals surface area contributed by atoms with Crippen molar-refractivity contribution in [3.05, 3.63) is 0 Å². The molecule has 0 spiro atoms. The monoisotopic (exact) mass is 373 g/mol. The van der Waals surface area contributed by atoms with Crippen LogP contribution in [0, 0.1) is 0 Å². The van der Waals surface area contributed by atoms with Crippen LogP contribution in [0.25, 0.3) is 0 Å². The standard InChI is InChI=1S/C6H16NP.2C5H13OP/c1-6(2)7(3)8(4)5;1-5(2)6-7(3)4;1-5(2,6)7(3)4/h6H,1-5H3;5H,1-4H3;6H,1-4H3. The molecule has 0 aliphatic carbocycles. The fourth-order valence-corrected chi connectivity index (χ4v) is 2.65. The third-order valence-corrected chi connectivity index (χ3v) is 7.65. The van der Waals surface area contributed by atoms with Crippen molar-refractivity contribution in [2.45, 2.75) is 59.0 Å². The highest BCUT2D eigenvalue weighted by Gasteiger charge is 2.15. The average Bonchev–Trinajstić information content (AvgIpc) is 2.25. The first-order valence-electron chi connectivity index (χ1n) is 7.76. The van der Waals surface area contributed by atoms with Crippen LogP contribution in [0.3, 0.4) is 0 Å². The molecule has 0 fully saturated rings. The fourth-order valence-electron chi connectivity index (χ4n) is 0.884. The van der Waals surface area contributed by atoms with Crippen molar-refractivity contribution in [2.75, 3.05) is 47.0 Å². The second-order valence-corrected chi connectivity index (χ2v) is 13.9. The summed E-state index contributed by atoms with van der Waals surface area (Å²) in [7, 11) is 1.98. The molecule has 0 unspecified atom stereocenters. The number of nitrogens with zero attached hydrogens (tertiary/aromatic N) is 1. The van der Waals surface area contributed by atoms with Crippen LogP contribution in [-0.4, -0.2) is 74.3 Å². The second-order valence-electron chi connectivity index (χ2n) is 6.87. The van der Waals surface area contributed by atoms with Crippen LogP contribution in [0.1, 0.15) is 41.5 Å². The van der Waals surface area contributed by atoms with Gasteiger partial charge in [0.1, 0.15) is 0 Å². The molecule has 6 heteroatoms. The first-order valence-corrected chi connectivity index (χ1v) is 14.3. The van der Waals surface area contributed by atoms with E-state index in [1.165, 1.54) is 0 Å². The van der Waals surface area contributed by atoms with Crippen molar-refractivity contribution in [1.82, 2.24) is 4.67 Å². The van der Waals surface area contributed by atoms with Crippen molar-refractivity contribution >= 4 is 24.1 Å². The van der Waals surface area contributed by atoms with Crippen molar-refractivity contribution in [1.29, 1.82) is 0 Å². The van der Waals surface area contributed by atoms with Gasteiger partial charge in [0.25, 0.3) is 0 Å². The lowest BCUT2D eigenvalue weighted by Crippen LogP contribution is -2.19. The zero-order valence-corrected chi connectivity index (χ0v) is 20.0. The molecule has 0 heterocycles. The van der Waals surface area contributed by atoms with Gasteiger partial charge < -0.3 is 9.63 Å². The highest BCUT2D eigenvalue weighted by molar-refractivity contribution is 7.57. The molecule has 0 rings (SSSR count). The maximum atomic E-state index is 9.12. The summed E-state index contributed by atoms with van der Waals surface area (Å²) in [4.78, 5) is 0. The minimum atomic E-state index is -0.435. The van der Waals surface area contributed by atoms with E-state index in [1.807, 2.05) is 13.8 Å². The minimum absolute atomic E-state index is 0.132. The normalized spacial score (nSPS) is 12.0. The van der Waals surface area contributed by atoms with Gasteiger partial charge in [0.2, 0.25) is 0 Å². The smallest absolute Gasteiger partial charge is 0.0774 e. The molecule has 0 aromatic heterocycles. The Labute approximate surface area is 145 Å².